The maximum atomic E-state index is 12.9. The maximum absolute atomic E-state index is 12.9. The highest BCUT2D eigenvalue weighted by Crippen LogP contribution is 2.13. The van der Waals surface area contributed by atoms with E-state index in [9.17, 15) is 18.8 Å². The Balaban J connectivity index is 1.91. The average molecular weight is 384 g/mol. The second-order valence-corrected chi connectivity index (χ2v) is 6.61. The molecule has 0 saturated heterocycles. The molecule has 2 amide bonds. The third kappa shape index (κ3) is 6.30. The van der Waals surface area contributed by atoms with Gasteiger partial charge in [0.2, 0.25) is 11.8 Å². The molecular weight excluding hydrogens is 359 g/mol. The van der Waals surface area contributed by atoms with Crippen molar-refractivity contribution in [1.29, 1.82) is 0 Å². The van der Waals surface area contributed by atoms with Gasteiger partial charge < -0.3 is 10.2 Å². The minimum atomic E-state index is -0.415. The van der Waals surface area contributed by atoms with Crippen molar-refractivity contribution in [3.63, 3.8) is 0 Å². The van der Waals surface area contributed by atoms with Gasteiger partial charge in [0.15, 0.2) is 5.78 Å². The van der Waals surface area contributed by atoms with Crippen molar-refractivity contribution in [2.24, 2.45) is 0 Å². The van der Waals surface area contributed by atoms with E-state index in [-0.39, 0.29) is 37.0 Å². The van der Waals surface area contributed by atoms with Gasteiger partial charge in [-0.1, -0.05) is 25.1 Å². The predicted molar refractivity (Wildman–Crippen MR) is 107 cm³/mol. The molecule has 148 valence electrons. The van der Waals surface area contributed by atoms with Crippen molar-refractivity contribution in [2.45, 2.75) is 33.1 Å². The van der Waals surface area contributed by atoms with Gasteiger partial charge in [-0.3, -0.25) is 14.4 Å². The van der Waals surface area contributed by atoms with E-state index in [0.29, 0.717) is 24.2 Å². The van der Waals surface area contributed by atoms with Crippen LogP contribution in [0.3, 0.4) is 0 Å². The zero-order valence-corrected chi connectivity index (χ0v) is 16.2. The number of para-hydroxylation sites is 1. The van der Waals surface area contributed by atoms with Crippen LogP contribution in [0.1, 0.15) is 42.1 Å². The van der Waals surface area contributed by atoms with Crippen LogP contribution in [0.25, 0.3) is 0 Å². The van der Waals surface area contributed by atoms with Crippen LogP contribution in [0.2, 0.25) is 0 Å². The van der Waals surface area contributed by atoms with Crippen molar-refractivity contribution in [2.75, 3.05) is 18.4 Å². The van der Waals surface area contributed by atoms with E-state index >= 15 is 0 Å². The summed E-state index contributed by atoms with van der Waals surface area (Å²) in [4.78, 5) is 38.5. The quantitative estimate of drug-likeness (QED) is 0.665. The summed E-state index contributed by atoms with van der Waals surface area (Å²) in [6, 6.07) is 12.7. The zero-order chi connectivity index (χ0) is 20.5. The van der Waals surface area contributed by atoms with Gasteiger partial charge in [-0.05, 0) is 49.2 Å². The number of hydrogen-bond donors (Lipinski definition) is 1. The summed E-state index contributed by atoms with van der Waals surface area (Å²) in [6.07, 6.45) is 0.729. The molecule has 0 aliphatic carbocycles. The molecule has 0 unspecified atom stereocenters. The molecule has 5 nitrogen and oxygen atoms in total. The van der Waals surface area contributed by atoms with Crippen molar-refractivity contribution >= 4 is 23.3 Å². The van der Waals surface area contributed by atoms with Crippen molar-refractivity contribution in [3.05, 3.63) is 65.5 Å². The summed E-state index contributed by atoms with van der Waals surface area (Å²) < 4.78 is 12.9. The van der Waals surface area contributed by atoms with Crippen molar-refractivity contribution in [1.82, 2.24) is 4.90 Å². The molecule has 28 heavy (non-hydrogen) atoms. The molecule has 0 heterocycles. The van der Waals surface area contributed by atoms with Gasteiger partial charge >= 0.3 is 0 Å². The Hall–Kier alpha value is -3.02. The number of amides is 2. The molecule has 0 bridgehead atoms. The first kappa shape index (κ1) is 21.3. The van der Waals surface area contributed by atoms with E-state index in [0.717, 1.165) is 5.56 Å². The van der Waals surface area contributed by atoms with Gasteiger partial charge in [0.1, 0.15) is 5.82 Å². The Bertz CT molecular complexity index is 834. The zero-order valence-electron chi connectivity index (χ0n) is 16.2. The number of carbonyl (C=O) groups excluding carboxylic acids is 3. The average Bonchev–Trinajstić information content (AvgIpc) is 2.68. The monoisotopic (exact) mass is 384 g/mol. The van der Waals surface area contributed by atoms with E-state index in [1.807, 2.05) is 32.0 Å². The lowest BCUT2D eigenvalue weighted by Gasteiger charge is -2.22. The minimum Gasteiger partial charge on any atom is -0.333 e. The first-order valence-electron chi connectivity index (χ1n) is 9.32. The van der Waals surface area contributed by atoms with Crippen LogP contribution in [0.15, 0.2) is 48.5 Å². The van der Waals surface area contributed by atoms with Crippen LogP contribution < -0.4 is 5.32 Å². The molecule has 2 rings (SSSR count). The highest BCUT2D eigenvalue weighted by molar-refractivity contribution is 5.99. The van der Waals surface area contributed by atoms with E-state index in [2.05, 4.69) is 5.32 Å². The van der Waals surface area contributed by atoms with E-state index in [1.165, 1.54) is 29.2 Å². The Morgan fingerprint density at radius 2 is 1.68 bits per heavy atom. The summed E-state index contributed by atoms with van der Waals surface area (Å²) in [5, 5.41) is 2.81. The molecule has 0 fully saturated rings. The van der Waals surface area contributed by atoms with Crippen LogP contribution in [0, 0.1) is 12.7 Å². The second kappa shape index (κ2) is 10.3. The molecular formula is C22H25FN2O3. The van der Waals surface area contributed by atoms with Crippen LogP contribution in [0.5, 0.6) is 0 Å². The van der Waals surface area contributed by atoms with Crippen LogP contribution in [0.4, 0.5) is 10.1 Å². The summed E-state index contributed by atoms with van der Waals surface area (Å²) >= 11 is 0. The first-order chi connectivity index (χ1) is 13.4. The van der Waals surface area contributed by atoms with E-state index in [1.54, 1.807) is 6.07 Å². The Morgan fingerprint density at radius 1 is 1.00 bits per heavy atom. The van der Waals surface area contributed by atoms with Crippen LogP contribution in [-0.4, -0.2) is 35.6 Å². The van der Waals surface area contributed by atoms with Gasteiger partial charge in [0, 0.05) is 30.6 Å². The molecule has 0 spiro atoms. The fourth-order valence-electron chi connectivity index (χ4n) is 2.80. The molecule has 2 aromatic rings. The van der Waals surface area contributed by atoms with Gasteiger partial charge in [0.05, 0.1) is 6.54 Å². The lowest BCUT2D eigenvalue weighted by Crippen LogP contribution is -2.38. The topological polar surface area (TPSA) is 66.5 Å². The number of anilines is 1. The summed E-state index contributed by atoms with van der Waals surface area (Å²) in [6.45, 7) is 4.19. The standard InChI is InChI=1S/C22H25FN2O3/c1-3-14-25(15-21(27)24-19-7-5-4-6-16(19)2)22(28)13-12-20(26)17-8-10-18(23)11-9-17/h4-11H,3,12-15H2,1-2H3,(H,24,27). The Kier molecular flexibility index (Phi) is 7.87. The summed E-state index contributed by atoms with van der Waals surface area (Å²) in [5.74, 6) is -1.17. The Labute approximate surface area is 164 Å². The molecule has 0 atom stereocenters. The molecule has 2 aromatic carbocycles. The molecule has 0 radical (unpaired) electrons. The number of nitrogens with zero attached hydrogens (tertiary/aromatic N) is 1. The fourth-order valence-corrected chi connectivity index (χ4v) is 2.80. The smallest absolute Gasteiger partial charge is 0.244 e. The normalized spacial score (nSPS) is 10.4. The summed E-state index contributed by atoms with van der Waals surface area (Å²) in [7, 11) is 0. The number of ketones is 1. The molecule has 0 aliphatic rings. The highest BCUT2D eigenvalue weighted by Gasteiger charge is 2.18. The van der Waals surface area contributed by atoms with Gasteiger partial charge in [0.25, 0.3) is 0 Å². The lowest BCUT2D eigenvalue weighted by atomic mass is 10.1. The highest BCUT2D eigenvalue weighted by atomic mass is 19.1. The van der Waals surface area contributed by atoms with Crippen LogP contribution >= 0.6 is 0 Å². The molecule has 1 N–H and O–H groups in total. The first-order valence-corrected chi connectivity index (χ1v) is 9.32. The number of rotatable bonds is 9. The molecule has 0 aliphatic heterocycles. The van der Waals surface area contributed by atoms with Gasteiger partial charge in [-0.15, -0.1) is 0 Å². The number of Topliss-reactive ketones (excluding diaryl/α,β-unsaturated/α-hetero) is 1. The van der Waals surface area contributed by atoms with Gasteiger partial charge in [-0.25, -0.2) is 4.39 Å². The number of halogens is 1. The minimum absolute atomic E-state index is 0.00779. The number of nitrogens with one attached hydrogen (secondary N) is 1. The van der Waals surface area contributed by atoms with Crippen molar-refractivity contribution in [3.8, 4) is 0 Å². The van der Waals surface area contributed by atoms with E-state index < -0.39 is 5.82 Å². The van der Waals surface area contributed by atoms with Crippen molar-refractivity contribution < 1.29 is 18.8 Å². The Morgan fingerprint density at radius 3 is 2.32 bits per heavy atom. The maximum Gasteiger partial charge on any atom is 0.244 e. The largest absolute Gasteiger partial charge is 0.333 e. The second-order valence-electron chi connectivity index (χ2n) is 6.61. The van der Waals surface area contributed by atoms with Gasteiger partial charge in [-0.2, -0.15) is 0 Å². The SMILES string of the molecule is CCCN(CC(=O)Nc1ccccc1C)C(=O)CCC(=O)c1ccc(F)cc1. The number of hydrogen-bond acceptors (Lipinski definition) is 3. The number of benzene rings is 2. The number of aryl methyl sites for hydroxylation is 1. The predicted octanol–water partition coefficient (Wildman–Crippen LogP) is 3.97. The molecule has 0 aromatic heterocycles. The summed E-state index contributed by atoms with van der Waals surface area (Å²) in [5.41, 5.74) is 2.02. The molecule has 6 heteroatoms. The fraction of sp³-hybridized carbons (Fsp3) is 0.318. The lowest BCUT2D eigenvalue weighted by molar-refractivity contribution is -0.134. The molecule has 0 saturated carbocycles. The van der Waals surface area contributed by atoms with E-state index in [4.69, 9.17) is 0 Å². The third-order valence-corrected chi connectivity index (χ3v) is 4.33. The third-order valence-electron chi connectivity index (χ3n) is 4.33. The van der Waals surface area contributed by atoms with Crippen LogP contribution in [-0.2, 0) is 9.59 Å². The number of carbonyl (C=O) groups is 3.